The summed E-state index contributed by atoms with van der Waals surface area (Å²) in [5.74, 6) is 0.870. The molecule has 1 aliphatic heterocycles. The van der Waals surface area contributed by atoms with Gasteiger partial charge in [0.05, 0.1) is 6.04 Å². The lowest BCUT2D eigenvalue weighted by Gasteiger charge is -2.38. The molecule has 2 unspecified atom stereocenters. The van der Waals surface area contributed by atoms with E-state index in [1.807, 2.05) is 0 Å². The smallest absolute Gasteiger partial charge is 0.224 e. The molecular formula is C13H24N2O. The molecule has 1 heterocycles. The molecule has 1 saturated carbocycles. The van der Waals surface area contributed by atoms with Crippen LogP contribution in [-0.2, 0) is 4.79 Å². The number of carbonyl (C=O) groups excluding carboxylic acids is 1. The highest BCUT2D eigenvalue weighted by Gasteiger charge is 2.59. The zero-order valence-corrected chi connectivity index (χ0v) is 10.9. The van der Waals surface area contributed by atoms with Gasteiger partial charge in [0, 0.05) is 18.5 Å². The summed E-state index contributed by atoms with van der Waals surface area (Å²) in [6, 6.07) is 0.599. The van der Waals surface area contributed by atoms with Gasteiger partial charge in [-0.3, -0.25) is 4.79 Å². The minimum Gasteiger partial charge on any atom is -0.335 e. The third-order valence-corrected chi connectivity index (χ3v) is 4.53. The Morgan fingerprint density at radius 2 is 1.88 bits per heavy atom. The van der Waals surface area contributed by atoms with Gasteiger partial charge >= 0.3 is 0 Å². The molecule has 1 amide bonds. The minimum atomic E-state index is 0.0415. The van der Waals surface area contributed by atoms with Crippen LogP contribution in [0.3, 0.4) is 0 Å². The van der Waals surface area contributed by atoms with Crippen molar-refractivity contribution in [1.29, 1.82) is 0 Å². The van der Waals surface area contributed by atoms with Crippen molar-refractivity contribution in [3.63, 3.8) is 0 Å². The lowest BCUT2D eigenvalue weighted by Crippen LogP contribution is -2.51. The first-order chi connectivity index (χ1) is 7.40. The van der Waals surface area contributed by atoms with E-state index >= 15 is 0 Å². The van der Waals surface area contributed by atoms with Crippen LogP contribution in [-0.4, -0.2) is 28.9 Å². The van der Waals surface area contributed by atoms with Crippen molar-refractivity contribution in [3.8, 4) is 0 Å². The van der Waals surface area contributed by atoms with Crippen LogP contribution in [0.25, 0.3) is 0 Å². The molecule has 2 N–H and O–H groups in total. The molecule has 16 heavy (non-hydrogen) atoms. The fourth-order valence-electron chi connectivity index (χ4n) is 3.45. The fourth-order valence-corrected chi connectivity index (χ4v) is 3.45. The van der Waals surface area contributed by atoms with Gasteiger partial charge in [0.15, 0.2) is 0 Å². The number of hydrogen-bond donors (Lipinski definition) is 1. The lowest BCUT2D eigenvalue weighted by atomic mass is 9.81. The Labute approximate surface area is 98.4 Å². The zero-order valence-electron chi connectivity index (χ0n) is 10.9. The number of hydrogen-bond acceptors (Lipinski definition) is 2. The molecule has 2 aliphatic rings. The Balaban J connectivity index is 2.27. The number of carbonyl (C=O) groups is 1. The fraction of sp³-hybridized carbons (Fsp3) is 0.923. The van der Waals surface area contributed by atoms with E-state index in [9.17, 15) is 4.79 Å². The number of nitrogens with two attached hydrogens (primary N) is 1. The van der Waals surface area contributed by atoms with Crippen molar-refractivity contribution in [2.45, 2.75) is 65.1 Å². The normalized spacial score (nSPS) is 32.9. The summed E-state index contributed by atoms with van der Waals surface area (Å²) in [7, 11) is 0. The third-order valence-electron chi connectivity index (χ3n) is 4.53. The van der Waals surface area contributed by atoms with E-state index in [2.05, 4.69) is 32.6 Å². The molecule has 0 aromatic rings. The molecule has 3 nitrogen and oxygen atoms in total. The van der Waals surface area contributed by atoms with Crippen LogP contribution < -0.4 is 5.73 Å². The Morgan fingerprint density at radius 1 is 1.31 bits per heavy atom. The first kappa shape index (κ1) is 11.9. The van der Waals surface area contributed by atoms with E-state index in [0.717, 1.165) is 0 Å². The predicted molar refractivity (Wildman–Crippen MR) is 64.9 cm³/mol. The average Bonchev–Trinajstić information content (AvgIpc) is 2.88. The monoisotopic (exact) mass is 224 g/mol. The molecule has 1 aliphatic carbocycles. The predicted octanol–water partition coefficient (Wildman–Crippen LogP) is 1.76. The van der Waals surface area contributed by atoms with E-state index in [0.29, 0.717) is 17.8 Å². The van der Waals surface area contributed by atoms with Crippen molar-refractivity contribution in [2.75, 3.05) is 0 Å². The van der Waals surface area contributed by atoms with Crippen LogP contribution in [0, 0.1) is 11.3 Å². The van der Waals surface area contributed by atoms with E-state index in [-0.39, 0.29) is 24.0 Å². The molecule has 0 aromatic carbocycles. The Morgan fingerprint density at radius 3 is 2.25 bits per heavy atom. The highest BCUT2D eigenvalue weighted by molar-refractivity contribution is 5.80. The molecular weight excluding hydrogens is 200 g/mol. The van der Waals surface area contributed by atoms with Crippen molar-refractivity contribution in [2.24, 2.45) is 17.1 Å². The van der Waals surface area contributed by atoms with Gasteiger partial charge in [-0.05, 0) is 38.0 Å². The van der Waals surface area contributed by atoms with Gasteiger partial charge in [0.25, 0.3) is 0 Å². The molecule has 3 heteroatoms. The van der Waals surface area contributed by atoms with Gasteiger partial charge in [-0.2, -0.15) is 0 Å². The van der Waals surface area contributed by atoms with E-state index in [4.69, 9.17) is 5.73 Å². The molecule has 92 valence electrons. The molecule has 0 bridgehead atoms. The standard InChI is InChI=1S/C13H24N2O/c1-8(2)13(5-6-13)12-10(14)7-11(16)15(12)9(3)4/h8-10,12H,5-7,14H2,1-4H3. The average molecular weight is 224 g/mol. The molecule has 2 atom stereocenters. The van der Waals surface area contributed by atoms with Gasteiger partial charge in [0.1, 0.15) is 0 Å². The number of amides is 1. The third kappa shape index (κ3) is 1.56. The van der Waals surface area contributed by atoms with Crippen LogP contribution >= 0.6 is 0 Å². The van der Waals surface area contributed by atoms with Crippen molar-refractivity contribution >= 4 is 5.91 Å². The topological polar surface area (TPSA) is 46.3 Å². The highest BCUT2D eigenvalue weighted by atomic mass is 16.2. The van der Waals surface area contributed by atoms with E-state index in [1.165, 1.54) is 12.8 Å². The molecule has 0 spiro atoms. The highest BCUT2D eigenvalue weighted by Crippen LogP contribution is 2.58. The van der Waals surface area contributed by atoms with Gasteiger partial charge in [0.2, 0.25) is 5.91 Å². The Kier molecular flexibility index (Phi) is 2.77. The molecule has 0 aromatic heterocycles. The van der Waals surface area contributed by atoms with Crippen LogP contribution in [0.4, 0.5) is 0 Å². The summed E-state index contributed by atoms with van der Waals surface area (Å²) in [6.07, 6.45) is 3.01. The number of nitrogens with zero attached hydrogens (tertiary/aromatic N) is 1. The summed E-state index contributed by atoms with van der Waals surface area (Å²) in [6.45, 7) is 8.72. The SMILES string of the molecule is CC(C)N1C(=O)CC(N)C1C1(C(C)C)CC1. The Bertz CT molecular complexity index is 294. The van der Waals surface area contributed by atoms with E-state index < -0.39 is 0 Å². The summed E-state index contributed by atoms with van der Waals surface area (Å²) < 4.78 is 0. The van der Waals surface area contributed by atoms with Gasteiger partial charge in [-0.1, -0.05) is 13.8 Å². The zero-order chi connectivity index (χ0) is 12.1. The molecule has 2 fully saturated rings. The van der Waals surface area contributed by atoms with Crippen molar-refractivity contribution in [1.82, 2.24) is 4.90 Å². The Hall–Kier alpha value is -0.570. The van der Waals surface area contributed by atoms with Gasteiger partial charge < -0.3 is 10.6 Å². The number of rotatable bonds is 3. The maximum absolute atomic E-state index is 12.0. The minimum absolute atomic E-state index is 0.0415. The van der Waals surface area contributed by atoms with E-state index in [1.54, 1.807) is 0 Å². The maximum Gasteiger partial charge on any atom is 0.224 e. The number of likely N-dealkylation sites (tertiary alicyclic amines) is 1. The molecule has 1 saturated heterocycles. The maximum atomic E-state index is 12.0. The summed E-state index contributed by atoms with van der Waals surface area (Å²) >= 11 is 0. The quantitative estimate of drug-likeness (QED) is 0.794. The first-order valence-electron chi connectivity index (χ1n) is 6.47. The summed E-state index contributed by atoms with van der Waals surface area (Å²) in [4.78, 5) is 14.0. The van der Waals surface area contributed by atoms with Crippen LogP contribution in [0.1, 0.15) is 47.0 Å². The van der Waals surface area contributed by atoms with Crippen molar-refractivity contribution < 1.29 is 4.79 Å². The molecule has 0 radical (unpaired) electrons. The van der Waals surface area contributed by atoms with Crippen LogP contribution in [0.2, 0.25) is 0 Å². The second-order valence-electron chi connectivity index (χ2n) is 6.10. The van der Waals surface area contributed by atoms with Crippen LogP contribution in [0.15, 0.2) is 0 Å². The lowest BCUT2D eigenvalue weighted by molar-refractivity contribution is -0.131. The molecule has 2 rings (SSSR count). The van der Waals surface area contributed by atoms with Crippen molar-refractivity contribution in [3.05, 3.63) is 0 Å². The van der Waals surface area contributed by atoms with Gasteiger partial charge in [-0.15, -0.1) is 0 Å². The summed E-state index contributed by atoms with van der Waals surface area (Å²) in [5, 5.41) is 0. The second-order valence-corrected chi connectivity index (χ2v) is 6.10. The second kappa shape index (κ2) is 3.73. The first-order valence-corrected chi connectivity index (χ1v) is 6.47. The van der Waals surface area contributed by atoms with Gasteiger partial charge in [-0.25, -0.2) is 0 Å². The summed E-state index contributed by atoms with van der Waals surface area (Å²) in [5.41, 5.74) is 6.51. The van der Waals surface area contributed by atoms with Crippen LogP contribution in [0.5, 0.6) is 0 Å². The largest absolute Gasteiger partial charge is 0.335 e.